The van der Waals surface area contributed by atoms with E-state index in [1.54, 1.807) is 0 Å². The Labute approximate surface area is 215 Å². The number of hydrogen-bond donors (Lipinski definition) is 0. The molecule has 1 amide bonds. The maximum absolute atomic E-state index is 13.2. The van der Waals surface area contributed by atoms with Gasteiger partial charge >= 0.3 is 0 Å². The Hall–Kier alpha value is -3.74. The second-order valence-electron chi connectivity index (χ2n) is 8.51. The molecular formula is C30H26N2O3S. The summed E-state index contributed by atoms with van der Waals surface area (Å²) in [6, 6.07) is 29.0. The number of amides is 1. The molecule has 0 radical (unpaired) electrons. The van der Waals surface area contributed by atoms with Crippen molar-refractivity contribution in [3.8, 4) is 0 Å². The van der Waals surface area contributed by atoms with E-state index >= 15 is 0 Å². The van der Waals surface area contributed by atoms with Gasteiger partial charge in [-0.25, -0.2) is 0 Å². The second-order valence-corrected chi connectivity index (χ2v) is 9.49. The van der Waals surface area contributed by atoms with E-state index in [2.05, 4.69) is 9.89 Å². The third-order valence-corrected chi connectivity index (χ3v) is 7.24. The summed E-state index contributed by atoms with van der Waals surface area (Å²) >= 11 is 1.40. The van der Waals surface area contributed by atoms with Crippen LogP contribution in [0.2, 0.25) is 0 Å². The van der Waals surface area contributed by atoms with Crippen molar-refractivity contribution in [1.82, 2.24) is 4.90 Å². The number of carbonyl (C=O) groups is 2. The maximum Gasteiger partial charge on any atom is 0.286 e. The standard InChI is InChI=1S/C30H26N2O3S/c33-27(24-14-8-3-9-15-24)21-25(22-10-4-1-5-11-22)20-26(23-12-6-2-7-13-23)28-29(34)31-30(36-28)32-16-18-35-19-17-32/h1-15,20H,16-19,21H2/b25-20+,28-26-. The number of amidine groups is 1. The van der Waals surface area contributed by atoms with Crippen LogP contribution in [-0.2, 0) is 9.53 Å². The van der Waals surface area contributed by atoms with Gasteiger partial charge in [-0.2, -0.15) is 4.99 Å². The lowest BCUT2D eigenvalue weighted by molar-refractivity contribution is -0.113. The molecule has 5 nitrogen and oxygen atoms in total. The maximum atomic E-state index is 13.2. The van der Waals surface area contributed by atoms with Crippen molar-refractivity contribution < 1.29 is 14.3 Å². The van der Waals surface area contributed by atoms with Crippen LogP contribution in [0, 0.1) is 0 Å². The number of allylic oxidation sites excluding steroid dienone is 3. The number of thioether (sulfide) groups is 1. The summed E-state index contributed by atoms with van der Waals surface area (Å²) in [5.74, 6) is -0.225. The highest BCUT2D eigenvalue weighted by Crippen LogP contribution is 2.38. The molecule has 0 atom stereocenters. The smallest absolute Gasteiger partial charge is 0.286 e. The Kier molecular flexibility index (Phi) is 7.55. The first-order chi connectivity index (χ1) is 17.7. The summed E-state index contributed by atoms with van der Waals surface area (Å²) in [4.78, 5) is 33.5. The van der Waals surface area contributed by atoms with Crippen molar-refractivity contribution in [3.05, 3.63) is 119 Å². The fourth-order valence-electron chi connectivity index (χ4n) is 4.22. The topological polar surface area (TPSA) is 59.0 Å². The number of ketones is 1. The second kappa shape index (κ2) is 11.3. The zero-order valence-electron chi connectivity index (χ0n) is 19.8. The van der Waals surface area contributed by atoms with E-state index in [1.807, 2.05) is 97.1 Å². The van der Waals surface area contributed by atoms with Crippen LogP contribution < -0.4 is 0 Å². The monoisotopic (exact) mass is 494 g/mol. The van der Waals surface area contributed by atoms with Crippen LogP contribution in [0.15, 0.2) is 107 Å². The van der Waals surface area contributed by atoms with Gasteiger partial charge in [0.25, 0.3) is 5.91 Å². The number of hydrogen-bond acceptors (Lipinski definition) is 5. The van der Waals surface area contributed by atoms with Gasteiger partial charge in [-0.15, -0.1) is 0 Å². The van der Waals surface area contributed by atoms with Crippen LogP contribution in [-0.4, -0.2) is 48.1 Å². The van der Waals surface area contributed by atoms with Crippen LogP contribution in [0.1, 0.15) is 27.9 Å². The van der Waals surface area contributed by atoms with Crippen molar-refractivity contribution >= 4 is 39.8 Å². The summed E-state index contributed by atoms with van der Waals surface area (Å²) < 4.78 is 5.46. The van der Waals surface area contributed by atoms with Gasteiger partial charge in [0.1, 0.15) is 0 Å². The first-order valence-corrected chi connectivity index (χ1v) is 12.8. The quantitative estimate of drug-likeness (QED) is 0.324. The molecule has 2 aliphatic rings. The number of benzene rings is 3. The molecule has 3 aromatic carbocycles. The average molecular weight is 495 g/mol. The van der Waals surface area contributed by atoms with Crippen molar-refractivity contribution in [2.24, 2.45) is 4.99 Å². The fourth-order valence-corrected chi connectivity index (χ4v) is 5.26. The number of aliphatic imine (C=N–C) groups is 1. The normalized spacial score (nSPS) is 17.7. The lowest BCUT2D eigenvalue weighted by Crippen LogP contribution is -2.38. The third-order valence-electron chi connectivity index (χ3n) is 6.11. The van der Waals surface area contributed by atoms with Crippen molar-refractivity contribution in [2.45, 2.75) is 6.42 Å². The van der Waals surface area contributed by atoms with Crippen LogP contribution in [0.4, 0.5) is 0 Å². The fraction of sp³-hybridized carbons (Fsp3) is 0.167. The zero-order chi connectivity index (χ0) is 24.7. The first kappa shape index (κ1) is 24.0. The number of carbonyl (C=O) groups excluding carboxylic acids is 2. The van der Waals surface area contributed by atoms with Crippen LogP contribution >= 0.6 is 11.8 Å². The first-order valence-electron chi connectivity index (χ1n) is 12.0. The Morgan fingerprint density at radius 2 is 1.39 bits per heavy atom. The highest BCUT2D eigenvalue weighted by atomic mass is 32.2. The molecule has 180 valence electrons. The Balaban J connectivity index is 1.57. The SMILES string of the molecule is O=C1N=C(N2CCOCC2)S/C1=C(/C=C(\CC(=O)c1ccccc1)c1ccccc1)c1ccccc1. The van der Waals surface area contributed by atoms with Gasteiger partial charge in [0.2, 0.25) is 0 Å². The minimum Gasteiger partial charge on any atom is -0.378 e. The molecule has 0 N–H and O–H groups in total. The predicted molar refractivity (Wildman–Crippen MR) is 146 cm³/mol. The summed E-state index contributed by atoms with van der Waals surface area (Å²) in [6.45, 7) is 2.67. The number of morpholine rings is 1. The van der Waals surface area contributed by atoms with E-state index in [0.717, 1.165) is 22.3 Å². The average Bonchev–Trinajstić information content (AvgIpc) is 3.34. The highest BCUT2D eigenvalue weighted by molar-refractivity contribution is 8.18. The Bertz CT molecular complexity index is 1330. The van der Waals surface area contributed by atoms with Gasteiger partial charge < -0.3 is 9.64 Å². The molecule has 1 fully saturated rings. The molecule has 3 aromatic rings. The van der Waals surface area contributed by atoms with E-state index in [9.17, 15) is 9.59 Å². The molecule has 0 bridgehead atoms. The molecule has 36 heavy (non-hydrogen) atoms. The summed E-state index contributed by atoms with van der Waals surface area (Å²) in [5.41, 5.74) is 4.15. The lowest BCUT2D eigenvalue weighted by atomic mass is 9.93. The highest BCUT2D eigenvalue weighted by Gasteiger charge is 2.30. The van der Waals surface area contributed by atoms with Crippen molar-refractivity contribution in [3.63, 3.8) is 0 Å². The largest absolute Gasteiger partial charge is 0.378 e. The number of rotatable bonds is 6. The van der Waals surface area contributed by atoms with Crippen LogP contribution in [0.5, 0.6) is 0 Å². The Morgan fingerprint density at radius 3 is 2.00 bits per heavy atom. The zero-order valence-corrected chi connectivity index (χ0v) is 20.6. The van der Waals surface area contributed by atoms with E-state index in [-0.39, 0.29) is 18.1 Å². The van der Waals surface area contributed by atoms with Gasteiger partial charge in [0, 0.05) is 30.6 Å². The number of ether oxygens (including phenoxy) is 1. The van der Waals surface area contributed by atoms with Gasteiger partial charge in [-0.05, 0) is 34.5 Å². The molecular weight excluding hydrogens is 468 g/mol. The van der Waals surface area contributed by atoms with Crippen LogP contribution in [0.3, 0.4) is 0 Å². The van der Waals surface area contributed by atoms with Gasteiger partial charge in [-0.1, -0.05) is 91.0 Å². The van der Waals surface area contributed by atoms with E-state index in [0.29, 0.717) is 41.9 Å². The van der Waals surface area contributed by atoms with E-state index in [4.69, 9.17) is 4.74 Å². The molecule has 6 heteroatoms. The predicted octanol–water partition coefficient (Wildman–Crippen LogP) is 5.72. The molecule has 0 aliphatic carbocycles. The molecule has 0 aromatic heterocycles. The van der Waals surface area contributed by atoms with E-state index in [1.165, 1.54) is 11.8 Å². The van der Waals surface area contributed by atoms with E-state index < -0.39 is 0 Å². The van der Waals surface area contributed by atoms with Crippen molar-refractivity contribution in [1.29, 1.82) is 0 Å². The molecule has 0 spiro atoms. The third kappa shape index (κ3) is 5.56. The van der Waals surface area contributed by atoms with Crippen LogP contribution in [0.25, 0.3) is 11.1 Å². The molecule has 1 saturated heterocycles. The Morgan fingerprint density at radius 1 is 0.833 bits per heavy atom. The minimum atomic E-state index is -0.251. The molecule has 5 rings (SSSR count). The molecule has 0 unspecified atom stereocenters. The summed E-state index contributed by atoms with van der Waals surface area (Å²) in [6.07, 6.45) is 2.21. The number of Topliss-reactive ketones (excluding diaryl/α,β-unsaturated/α-hetero) is 1. The molecule has 2 heterocycles. The lowest BCUT2D eigenvalue weighted by Gasteiger charge is -2.27. The van der Waals surface area contributed by atoms with Gasteiger partial charge in [-0.3, -0.25) is 9.59 Å². The minimum absolute atomic E-state index is 0.0266. The number of nitrogens with zero attached hydrogens (tertiary/aromatic N) is 2. The summed E-state index contributed by atoms with van der Waals surface area (Å²) in [5, 5.41) is 0.710. The van der Waals surface area contributed by atoms with Crippen molar-refractivity contribution in [2.75, 3.05) is 26.3 Å². The summed E-state index contributed by atoms with van der Waals surface area (Å²) in [7, 11) is 0. The molecule has 2 aliphatic heterocycles. The van der Waals surface area contributed by atoms with Gasteiger partial charge in [0.15, 0.2) is 11.0 Å². The van der Waals surface area contributed by atoms with Gasteiger partial charge in [0.05, 0.1) is 18.1 Å². The molecule has 0 saturated carbocycles.